The fourth-order valence-corrected chi connectivity index (χ4v) is 2.07. The molecule has 0 aromatic heterocycles. The lowest BCUT2D eigenvalue weighted by molar-refractivity contribution is -0.242. The van der Waals surface area contributed by atoms with Crippen molar-refractivity contribution in [2.24, 2.45) is 5.73 Å². The lowest BCUT2D eigenvalue weighted by Gasteiger charge is -2.39. The molecular formula is C12H24N2O5. The fourth-order valence-electron chi connectivity index (χ4n) is 2.07. The maximum atomic E-state index is 11.7. The molecule has 1 aliphatic rings. The maximum Gasteiger partial charge on any atom is 0.220 e. The topological polar surface area (TPSA) is 125 Å². The van der Waals surface area contributed by atoms with Crippen LogP contribution in [0.3, 0.4) is 0 Å². The summed E-state index contributed by atoms with van der Waals surface area (Å²) in [6.07, 6.45) is -1.66. The van der Waals surface area contributed by atoms with Gasteiger partial charge in [-0.2, -0.15) is 0 Å². The van der Waals surface area contributed by atoms with Crippen LogP contribution in [0, 0.1) is 0 Å². The van der Waals surface area contributed by atoms with Gasteiger partial charge in [-0.05, 0) is 26.3 Å². The van der Waals surface area contributed by atoms with Gasteiger partial charge in [-0.25, -0.2) is 0 Å². The molecule has 0 saturated carbocycles. The SMILES string of the molecule is CC1OC(O)C(NC(=O)CCCCCN)C(O)C1O. The second-order valence-corrected chi connectivity index (χ2v) is 4.91. The number of hydrogen-bond donors (Lipinski definition) is 5. The number of aliphatic hydroxyl groups is 3. The quantitative estimate of drug-likeness (QED) is 0.374. The van der Waals surface area contributed by atoms with E-state index < -0.39 is 30.6 Å². The average Bonchev–Trinajstić information content (AvgIpc) is 2.37. The van der Waals surface area contributed by atoms with Gasteiger partial charge in [0.05, 0.1) is 6.10 Å². The molecule has 5 unspecified atom stereocenters. The van der Waals surface area contributed by atoms with Crippen LogP contribution in [-0.2, 0) is 9.53 Å². The molecule has 1 heterocycles. The number of amides is 1. The molecule has 112 valence electrons. The number of hydrogen-bond acceptors (Lipinski definition) is 6. The van der Waals surface area contributed by atoms with Crippen molar-refractivity contribution in [3.8, 4) is 0 Å². The molecule has 7 heteroatoms. The lowest BCUT2D eigenvalue weighted by atomic mass is 9.97. The number of nitrogens with one attached hydrogen (secondary N) is 1. The second kappa shape index (κ2) is 7.76. The number of nitrogens with two attached hydrogens (primary N) is 1. The van der Waals surface area contributed by atoms with Crippen LogP contribution < -0.4 is 11.1 Å². The van der Waals surface area contributed by atoms with E-state index in [-0.39, 0.29) is 5.91 Å². The summed E-state index contributed by atoms with van der Waals surface area (Å²) in [5.41, 5.74) is 5.35. The number of ether oxygens (including phenoxy) is 1. The van der Waals surface area contributed by atoms with Crippen molar-refractivity contribution in [2.45, 2.75) is 63.3 Å². The molecule has 6 N–H and O–H groups in total. The zero-order valence-corrected chi connectivity index (χ0v) is 11.2. The number of unbranched alkanes of at least 4 members (excludes halogenated alkanes) is 2. The van der Waals surface area contributed by atoms with Gasteiger partial charge in [0, 0.05) is 6.42 Å². The summed E-state index contributed by atoms with van der Waals surface area (Å²) in [6.45, 7) is 2.14. The molecule has 1 saturated heterocycles. The highest BCUT2D eigenvalue weighted by Gasteiger charge is 2.42. The van der Waals surface area contributed by atoms with Crippen LogP contribution in [0.4, 0.5) is 0 Å². The van der Waals surface area contributed by atoms with Gasteiger partial charge in [0.15, 0.2) is 6.29 Å². The van der Waals surface area contributed by atoms with Crippen LogP contribution in [0.1, 0.15) is 32.6 Å². The number of carbonyl (C=O) groups excluding carboxylic acids is 1. The van der Waals surface area contributed by atoms with E-state index in [2.05, 4.69) is 5.32 Å². The minimum absolute atomic E-state index is 0.287. The zero-order chi connectivity index (χ0) is 14.4. The summed E-state index contributed by atoms with van der Waals surface area (Å²) < 4.78 is 5.04. The summed E-state index contributed by atoms with van der Waals surface area (Å²) >= 11 is 0. The molecule has 0 aromatic rings. The third-order valence-electron chi connectivity index (χ3n) is 3.30. The Morgan fingerprint density at radius 2 is 1.89 bits per heavy atom. The first-order valence-corrected chi connectivity index (χ1v) is 6.66. The summed E-state index contributed by atoms with van der Waals surface area (Å²) in [4.78, 5) is 11.7. The fraction of sp³-hybridized carbons (Fsp3) is 0.917. The van der Waals surface area contributed by atoms with Crippen LogP contribution >= 0.6 is 0 Å². The van der Waals surface area contributed by atoms with Gasteiger partial charge in [0.1, 0.15) is 18.2 Å². The third kappa shape index (κ3) is 4.70. The normalized spacial score (nSPS) is 35.1. The Hall–Kier alpha value is -0.730. The Kier molecular flexibility index (Phi) is 6.67. The van der Waals surface area contributed by atoms with Crippen molar-refractivity contribution < 1.29 is 24.9 Å². The lowest BCUT2D eigenvalue weighted by Crippen LogP contribution is -2.62. The Morgan fingerprint density at radius 3 is 2.53 bits per heavy atom. The number of carbonyl (C=O) groups is 1. The van der Waals surface area contributed by atoms with E-state index in [4.69, 9.17) is 10.5 Å². The molecule has 1 aliphatic heterocycles. The molecule has 0 aliphatic carbocycles. The van der Waals surface area contributed by atoms with Gasteiger partial charge >= 0.3 is 0 Å². The van der Waals surface area contributed by atoms with Gasteiger partial charge in [-0.3, -0.25) is 4.79 Å². The summed E-state index contributed by atoms with van der Waals surface area (Å²) in [5.74, 6) is -0.287. The Labute approximate surface area is 112 Å². The summed E-state index contributed by atoms with van der Waals surface area (Å²) in [6, 6.07) is -1.01. The van der Waals surface area contributed by atoms with E-state index in [0.29, 0.717) is 19.4 Å². The molecule has 19 heavy (non-hydrogen) atoms. The largest absolute Gasteiger partial charge is 0.388 e. The predicted molar refractivity (Wildman–Crippen MR) is 68.0 cm³/mol. The molecule has 1 amide bonds. The third-order valence-corrected chi connectivity index (χ3v) is 3.30. The molecule has 0 radical (unpaired) electrons. The van der Waals surface area contributed by atoms with Crippen molar-refractivity contribution in [3.05, 3.63) is 0 Å². The van der Waals surface area contributed by atoms with Crippen LogP contribution in [0.2, 0.25) is 0 Å². The standard InChI is InChI=1S/C12H24N2O5/c1-7-10(16)11(17)9(12(18)19-7)14-8(15)5-3-2-4-6-13/h7,9-12,16-18H,2-6,13H2,1H3,(H,14,15). The van der Waals surface area contributed by atoms with E-state index in [1.54, 1.807) is 6.92 Å². The summed E-state index contributed by atoms with van der Waals surface area (Å²) in [5, 5.41) is 31.6. The van der Waals surface area contributed by atoms with Gasteiger partial charge in [0.2, 0.25) is 5.91 Å². The van der Waals surface area contributed by atoms with Crippen molar-refractivity contribution in [3.63, 3.8) is 0 Å². The minimum Gasteiger partial charge on any atom is -0.388 e. The molecular weight excluding hydrogens is 252 g/mol. The first-order valence-electron chi connectivity index (χ1n) is 6.66. The zero-order valence-electron chi connectivity index (χ0n) is 11.2. The molecule has 0 aromatic carbocycles. The highest BCUT2D eigenvalue weighted by molar-refractivity contribution is 5.76. The van der Waals surface area contributed by atoms with E-state index in [1.807, 2.05) is 0 Å². The van der Waals surface area contributed by atoms with Crippen molar-refractivity contribution >= 4 is 5.91 Å². The van der Waals surface area contributed by atoms with E-state index in [9.17, 15) is 20.1 Å². The van der Waals surface area contributed by atoms with Gasteiger partial charge < -0.3 is 31.1 Å². The smallest absolute Gasteiger partial charge is 0.220 e. The van der Waals surface area contributed by atoms with Crippen molar-refractivity contribution in [1.82, 2.24) is 5.32 Å². The van der Waals surface area contributed by atoms with Crippen molar-refractivity contribution in [2.75, 3.05) is 6.54 Å². The molecule has 0 bridgehead atoms. The molecule has 7 nitrogen and oxygen atoms in total. The molecule has 5 atom stereocenters. The molecule has 0 spiro atoms. The summed E-state index contributed by atoms with van der Waals surface area (Å²) in [7, 11) is 0. The second-order valence-electron chi connectivity index (χ2n) is 4.91. The van der Waals surface area contributed by atoms with Crippen LogP contribution in [0.25, 0.3) is 0 Å². The van der Waals surface area contributed by atoms with Gasteiger partial charge in [-0.15, -0.1) is 0 Å². The van der Waals surface area contributed by atoms with Crippen molar-refractivity contribution in [1.29, 1.82) is 0 Å². The molecule has 1 fully saturated rings. The maximum absolute atomic E-state index is 11.7. The van der Waals surface area contributed by atoms with E-state index >= 15 is 0 Å². The van der Waals surface area contributed by atoms with Gasteiger partial charge in [0.25, 0.3) is 0 Å². The first-order chi connectivity index (χ1) is 8.97. The van der Waals surface area contributed by atoms with E-state index in [1.165, 1.54) is 0 Å². The molecule has 1 rings (SSSR count). The van der Waals surface area contributed by atoms with Gasteiger partial charge in [-0.1, -0.05) is 6.42 Å². The number of rotatable bonds is 6. The highest BCUT2D eigenvalue weighted by Crippen LogP contribution is 2.19. The minimum atomic E-state index is -1.32. The average molecular weight is 276 g/mol. The predicted octanol–water partition coefficient (Wildman–Crippen LogP) is -1.55. The Morgan fingerprint density at radius 1 is 1.21 bits per heavy atom. The van der Waals surface area contributed by atoms with Crippen LogP contribution in [0.5, 0.6) is 0 Å². The van der Waals surface area contributed by atoms with Crippen LogP contribution in [-0.4, -0.2) is 58.4 Å². The van der Waals surface area contributed by atoms with E-state index in [0.717, 1.165) is 12.8 Å². The number of aliphatic hydroxyl groups excluding tert-OH is 3. The monoisotopic (exact) mass is 276 g/mol. The van der Waals surface area contributed by atoms with Crippen LogP contribution in [0.15, 0.2) is 0 Å². The first kappa shape index (κ1) is 16.3. The Bertz CT molecular complexity index is 289. The Balaban J connectivity index is 2.39. The highest BCUT2D eigenvalue weighted by atomic mass is 16.6.